The Morgan fingerprint density at radius 3 is 1.83 bits per heavy atom. The molecule has 7 heteroatoms. The van der Waals surface area contributed by atoms with Gasteiger partial charge in [0.15, 0.2) is 5.69 Å². The molecule has 2 aromatic heterocycles. The highest BCUT2D eigenvalue weighted by Crippen LogP contribution is 2.22. The minimum absolute atomic E-state index is 0.152. The zero-order chi connectivity index (χ0) is 22.1. The van der Waals surface area contributed by atoms with Crippen molar-refractivity contribution >= 4 is 11.9 Å². The second-order valence-corrected chi connectivity index (χ2v) is 8.95. The number of esters is 2. The van der Waals surface area contributed by atoms with Gasteiger partial charge < -0.3 is 14.7 Å². The number of hydrogen-bond acceptors (Lipinski definition) is 6. The fourth-order valence-corrected chi connectivity index (χ4v) is 2.61. The van der Waals surface area contributed by atoms with Crippen LogP contribution in [0.2, 0.25) is 0 Å². The number of ether oxygens (including phenoxy) is 2. The van der Waals surface area contributed by atoms with E-state index in [0.717, 1.165) is 0 Å². The number of carbonyl (C=O) groups excluding carboxylic acids is 2. The number of carbonyl (C=O) groups is 2. The van der Waals surface area contributed by atoms with Gasteiger partial charge in [0.25, 0.3) is 0 Å². The molecule has 0 aliphatic rings. The van der Waals surface area contributed by atoms with Gasteiger partial charge >= 0.3 is 11.9 Å². The van der Waals surface area contributed by atoms with Crippen molar-refractivity contribution in [1.29, 1.82) is 0 Å². The molecule has 0 aliphatic heterocycles. The molecule has 2 aromatic rings. The Hall–Kier alpha value is -2.96. The first-order chi connectivity index (χ1) is 13.2. The Labute approximate surface area is 171 Å². The van der Waals surface area contributed by atoms with Crippen LogP contribution in [0.4, 0.5) is 0 Å². The first kappa shape index (κ1) is 22.3. The Morgan fingerprint density at radius 1 is 0.862 bits per heavy atom. The van der Waals surface area contributed by atoms with Gasteiger partial charge in [-0.05, 0) is 60.6 Å². The summed E-state index contributed by atoms with van der Waals surface area (Å²) in [6, 6.07) is 5.98. The monoisotopic (exact) mass is 400 g/mol. The molecule has 2 heterocycles. The van der Waals surface area contributed by atoms with Crippen LogP contribution >= 0.6 is 0 Å². The van der Waals surface area contributed by atoms with Crippen LogP contribution in [-0.4, -0.2) is 28.1 Å². The number of aryl methyl sites for hydroxylation is 2. The molecule has 0 bridgehead atoms. The summed E-state index contributed by atoms with van der Waals surface area (Å²) >= 11 is 0. The van der Waals surface area contributed by atoms with Gasteiger partial charge in [0, 0.05) is 24.8 Å². The minimum Gasteiger partial charge on any atom is -0.618 e. The molecule has 0 spiro atoms. The Kier molecular flexibility index (Phi) is 6.02. The molecule has 0 saturated heterocycles. The van der Waals surface area contributed by atoms with E-state index in [1.54, 1.807) is 61.5 Å². The summed E-state index contributed by atoms with van der Waals surface area (Å²) in [6.07, 6.45) is 0. The molecule has 29 heavy (non-hydrogen) atoms. The van der Waals surface area contributed by atoms with Crippen LogP contribution < -0.4 is 4.73 Å². The zero-order valence-electron chi connectivity index (χ0n) is 18.2. The van der Waals surface area contributed by atoms with Crippen molar-refractivity contribution < 1.29 is 23.8 Å². The van der Waals surface area contributed by atoms with Gasteiger partial charge in [-0.2, -0.15) is 4.73 Å². The Bertz CT molecular complexity index is 953. The highest BCUT2D eigenvalue weighted by Gasteiger charge is 2.25. The largest absolute Gasteiger partial charge is 0.618 e. The van der Waals surface area contributed by atoms with Crippen LogP contribution in [0.1, 0.15) is 73.6 Å². The molecule has 2 rings (SSSR count). The first-order valence-corrected chi connectivity index (χ1v) is 9.36. The summed E-state index contributed by atoms with van der Waals surface area (Å²) in [6.45, 7) is 13.9. The van der Waals surface area contributed by atoms with Crippen LogP contribution in [0, 0.1) is 19.1 Å². The quantitative estimate of drug-likeness (QED) is 0.441. The van der Waals surface area contributed by atoms with Crippen LogP contribution in [0.25, 0.3) is 11.4 Å². The first-order valence-electron chi connectivity index (χ1n) is 9.36. The van der Waals surface area contributed by atoms with Crippen LogP contribution in [0.3, 0.4) is 0 Å². The average molecular weight is 400 g/mol. The molecule has 0 aliphatic carbocycles. The molecular weight excluding hydrogens is 372 g/mol. The van der Waals surface area contributed by atoms with E-state index < -0.39 is 23.1 Å². The third kappa shape index (κ3) is 6.01. The molecular formula is C22H28N2O5. The second-order valence-electron chi connectivity index (χ2n) is 8.95. The lowest BCUT2D eigenvalue weighted by atomic mass is 10.1. The van der Waals surface area contributed by atoms with E-state index in [0.29, 0.717) is 16.1 Å². The van der Waals surface area contributed by atoms with Crippen molar-refractivity contribution in [3.05, 3.63) is 52.0 Å². The van der Waals surface area contributed by atoms with Gasteiger partial charge in [-0.1, -0.05) is 0 Å². The fourth-order valence-electron chi connectivity index (χ4n) is 2.61. The standard InChI is InChI=1S/C22H28N2O5/c1-13-9-15(19(25)28-21(3,4)5)11-17(23-13)18-12-16(10-14(2)24(18)27)20(26)29-22(6,7)8/h9-12H,1-8H3. The topological polar surface area (TPSA) is 92.4 Å². The predicted molar refractivity (Wildman–Crippen MR) is 108 cm³/mol. The number of nitrogens with zero attached hydrogens (tertiary/aromatic N) is 2. The highest BCUT2D eigenvalue weighted by molar-refractivity contribution is 5.92. The molecule has 0 unspecified atom stereocenters. The van der Waals surface area contributed by atoms with E-state index in [-0.39, 0.29) is 22.5 Å². The highest BCUT2D eigenvalue weighted by atomic mass is 16.6. The van der Waals surface area contributed by atoms with Crippen LogP contribution in [0.15, 0.2) is 24.3 Å². The summed E-state index contributed by atoms with van der Waals surface area (Å²) in [5.41, 5.74) is 0.479. The van der Waals surface area contributed by atoms with Gasteiger partial charge in [-0.25, -0.2) is 14.6 Å². The molecule has 0 aromatic carbocycles. The number of pyridine rings is 2. The van der Waals surface area contributed by atoms with Crippen molar-refractivity contribution in [3.63, 3.8) is 0 Å². The van der Waals surface area contributed by atoms with E-state index in [1.165, 1.54) is 18.2 Å². The van der Waals surface area contributed by atoms with Crippen LogP contribution in [0.5, 0.6) is 0 Å². The summed E-state index contributed by atoms with van der Waals surface area (Å²) in [5, 5.41) is 12.7. The van der Waals surface area contributed by atoms with E-state index in [2.05, 4.69) is 4.98 Å². The maximum absolute atomic E-state index is 12.7. The number of rotatable bonds is 3. The average Bonchev–Trinajstić information content (AvgIpc) is 2.53. The molecule has 156 valence electrons. The van der Waals surface area contributed by atoms with Crippen molar-refractivity contribution in [2.45, 2.75) is 66.6 Å². The van der Waals surface area contributed by atoms with Crippen molar-refractivity contribution in [3.8, 4) is 11.4 Å². The lowest BCUT2D eigenvalue weighted by molar-refractivity contribution is -0.600. The normalized spacial score (nSPS) is 11.9. The zero-order valence-corrected chi connectivity index (χ0v) is 18.2. The van der Waals surface area contributed by atoms with Gasteiger partial charge in [-0.15, -0.1) is 0 Å². The lowest BCUT2D eigenvalue weighted by Crippen LogP contribution is -2.34. The van der Waals surface area contributed by atoms with E-state index in [9.17, 15) is 14.8 Å². The third-order valence-corrected chi connectivity index (χ3v) is 3.68. The Morgan fingerprint density at radius 2 is 1.34 bits per heavy atom. The molecule has 0 N–H and O–H groups in total. The third-order valence-electron chi connectivity index (χ3n) is 3.68. The summed E-state index contributed by atoms with van der Waals surface area (Å²) < 4.78 is 11.5. The number of hydrogen-bond donors (Lipinski definition) is 0. The van der Waals surface area contributed by atoms with E-state index in [1.807, 2.05) is 0 Å². The second kappa shape index (κ2) is 7.81. The maximum Gasteiger partial charge on any atom is 0.339 e. The lowest BCUT2D eigenvalue weighted by Gasteiger charge is -2.20. The van der Waals surface area contributed by atoms with Crippen LogP contribution in [-0.2, 0) is 9.47 Å². The van der Waals surface area contributed by atoms with Crippen molar-refractivity contribution in [2.75, 3.05) is 0 Å². The fraction of sp³-hybridized carbons (Fsp3) is 0.455. The predicted octanol–water partition coefficient (Wildman–Crippen LogP) is 3.91. The van der Waals surface area contributed by atoms with Gasteiger partial charge in [0.1, 0.15) is 16.9 Å². The number of aromatic nitrogens is 2. The SMILES string of the molecule is Cc1cc(C(=O)OC(C)(C)C)cc(-c2cc(C(=O)OC(C)(C)C)cc(C)[n+]2[O-])n1. The maximum atomic E-state index is 12.7. The van der Waals surface area contributed by atoms with Gasteiger partial charge in [-0.3, -0.25) is 0 Å². The van der Waals surface area contributed by atoms with E-state index >= 15 is 0 Å². The van der Waals surface area contributed by atoms with Crippen molar-refractivity contribution in [2.24, 2.45) is 0 Å². The molecule has 0 amide bonds. The van der Waals surface area contributed by atoms with Crippen molar-refractivity contribution in [1.82, 2.24) is 4.98 Å². The molecule has 7 nitrogen and oxygen atoms in total. The van der Waals surface area contributed by atoms with E-state index in [4.69, 9.17) is 9.47 Å². The summed E-state index contributed by atoms with van der Waals surface area (Å²) in [7, 11) is 0. The molecule has 0 atom stereocenters. The van der Waals surface area contributed by atoms with Gasteiger partial charge in [0.05, 0.1) is 11.1 Å². The summed E-state index contributed by atoms with van der Waals surface area (Å²) in [4.78, 5) is 29.3. The molecule has 0 saturated carbocycles. The summed E-state index contributed by atoms with van der Waals surface area (Å²) in [5.74, 6) is -1.05. The molecule has 0 fully saturated rings. The van der Waals surface area contributed by atoms with Gasteiger partial charge in [0.2, 0.25) is 5.69 Å². The smallest absolute Gasteiger partial charge is 0.339 e. The Balaban J connectivity index is 2.54. The molecule has 0 radical (unpaired) electrons. The minimum atomic E-state index is -0.667.